The summed E-state index contributed by atoms with van der Waals surface area (Å²) < 4.78 is 18.2. The summed E-state index contributed by atoms with van der Waals surface area (Å²) in [6.07, 6.45) is 1.73. The Bertz CT molecular complexity index is 1030. The van der Waals surface area contributed by atoms with Crippen molar-refractivity contribution < 1.29 is 18.7 Å². The molecular weight excluding hydrogens is 393 g/mol. The first kappa shape index (κ1) is 20.8. The van der Waals surface area contributed by atoms with E-state index >= 15 is 0 Å². The Kier molecular flexibility index (Phi) is 6.41. The summed E-state index contributed by atoms with van der Waals surface area (Å²) in [6.45, 7) is 0.240. The molecule has 4 nitrogen and oxygen atoms in total. The molecule has 1 heterocycles. The molecule has 3 aromatic carbocycles. The Hall–Kier alpha value is -3.47. The third kappa shape index (κ3) is 5.18. The maximum absolute atomic E-state index is 13.1. The van der Waals surface area contributed by atoms with E-state index < -0.39 is 6.09 Å². The van der Waals surface area contributed by atoms with Crippen molar-refractivity contribution in [1.82, 2.24) is 4.90 Å². The minimum Gasteiger partial charge on any atom is -0.447 e. The topological polar surface area (TPSA) is 46.6 Å². The molecule has 0 unspecified atom stereocenters. The number of benzene rings is 3. The molecule has 0 spiro atoms. The van der Waals surface area contributed by atoms with Gasteiger partial charge in [0.15, 0.2) is 0 Å². The van der Waals surface area contributed by atoms with Crippen LogP contribution in [0.2, 0.25) is 0 Å². The monoisotopic (exact) mass is 417 g/mol. The van der Waals surface area contributed by atoms with Crippen molar-refractivity contribution in [1.29, 1.82) is 0 Å². The number of nitrogens with zero attached hydrogens (tertiary/aromatic N) is 1. The van der Waals surface area contributed by atoms with Crippen LogP contribution in [0.3, 0.4) is 0 Å². The average Bonchev–Trinajstić information content (AvgIpc) is 3.15. The van der Waals surface area contributed by atoms with Crippen LogP contribution >= 0.6 is 0 Å². The second kappa shape index (κ2) is 9.56. The molecular formula is C26H24FNO3. The van der Waals surface area contributed by atoms with Gasteiger partial charge in [-0.15, -0.1) is 0 Å². The van der Waals surface area contributed by atoms with Crippen molar-refractivity contribution in [2.75, 3.05) is 6.61 Å². The zero-order valence-electron chi connectivity index (χ0n) is 17.2. The number of halogens is 1. The summed E-state index contributed by atoms with van der Waals surface area (Å²) in [5, 5.41) is 0. The van der Waals surface area contributed by atoms with E-state index in [-0.39, 0.29) is 24.4 Å². The third-order valence-electron chi connectivity index (χ3n) is 5.53. The number of carbonyl (C=O) groups excluding carboxylic acids is 2. The zero-order valence-corrected chi connectivity index (χ0v) is 17.2. The van der Waals surface area contributed by atoms with Gasteiger partial charge in [-0.1, -0.05) is 66.7 Å². The number of carbonyl (C=O) groups is 2. The SMILES string of the molecule is O=C(CCCc1ccc(-c2ccc(F)cc2)cc1)N1C(=O)OC[C@@H]1Cc1ccccc1. The summed E-state index contributed by atoms with van der Waals surface area (Å²) >= 11 is 0. The summed E-state index contributed by atoms with van der Waals surface area (Å²) in [4.78, 5) is 26.1. The largest absolute Gasteiger partial charge is 0.447 e. The van der Waals surface area contributed by atoms with Gasteiger partial charge in [-0.25, -0.2) is 14.1 Å². The number of amides is 2. The molecule has 5 heteroatoms. The molecule has 0 saturated carbocycles. The highest BCUT2D eigenvalue weighted by molar-refractivity contribution is 5.93. The lowest BCUT2D eigenvalue weighted by molar-refractivity contribution is -0.129. The van der Waals surface area contributed by atoms with Gasteiger partial charge in [0.05, 0.1) is 6.04 Å². The smallest absolute Gasteiger partial charge is 0.416 e. The van der Waals surface area contributed by atoms with Crippen molar-refractivity contribution in [3.63, 3.8) is 0 Å². The second-order valence-corrected chi connectivity index (χ2v) is 7.74. The standard InChI is InChI=1S/C26H24FNO3/c27-23-15-13-22(14-16-23)21-11-9-19(10-12-21)7-4-8-25(29)28-24(18-31-26(28)30)17-20-5-2-1-3-6-20/h1-3,5-6,9-16,24H,4,7-8,17-18H2/t24-/m0/s1. The van der Waals surface area contributed by atoms with Crippen LogP contribution in [0, 0.1) is 5.82 Å². The lowest BCUT2D eigenvalue weighted by Gasteiger charge is -2.19. The van der Waals surface area contributed by atoms with Crippen LogP contribution in [0.15, 0.2) is 78.9 Å². The van der Waals surface area contributed by atoms with Gasteiger partial charge in [-0.2, -0.15) is 0 Å². The number of cyclic esters (lactones) is 1. The molecule has 0 aliphatic carbocycles. The van der Waals surface area contributed by atoms with E-state index in [1.165, 1.54) is 17.0 Å². The van der Waals surface area contributed by atoms with Gasteiger partial charge in [-0.3, -0.25) is 4.79 Å². The maximum atomic E-state index is 13.1. The molecule has 1 fully saturated rings. The molecule has 0 N–H and O–H groups in total. The summed E-state index contributed by atoms with van der Waals surface area (Å²) in [5.41, 5.74) is 4.16. The Morgan fingerprint density at radius 2 is 1.55 bits per heavy atom. The number of imide groups is 1. The highest BCUT2D eigenvalue weighted by Crippen LogP contribution is 2.22. The van der Waals surface area contributed by atoms with E-state index in [0.717, 1.165) is 28.7 Å². The van der Waals surface area contributed by atoms with Gasteiger partial charge in [0.1, 0.15) is 12.4 Å². The van der Waals surface area contributed by atoms with Gasteiger partial charge < -0.3 is 4.74 Å². The van der Waals surface area contributed by atoms with Crippen LogP contribution in [0.1, 0.15) is 24.0 Å². The lowest BCUT2D eigenvalue weighted by atomic mass is 10.0. The fourth-order valence-corrected chi connectivity index (χ4v) is 3.87. The van der Waals surface area contributed by atoms with Crippen molar-refractivity contribution in [2.24, 2.45) is 0 Å². The van der Waals surface area contributed by atoms with Crippen LogP contribution in [0.25, 0.3) is 11.1 Å². The van der Waals surface area contributed by atoms with E-state index in [0.29, 0.717) is 19.3 Å². The average molecular weight is 417 g/mol. The molecule has 158 valence electrons. The van der Waals surface area contributed by atoms with Crippen LogP contribution in [0.5, 0.6) is 0 Å². The number of rotatable bonds is 7. The first-order valence-electron chi connectivity index (χ1n) is 10.5. The van der Waals surface area contributed by atoms with Gasteiger partial charge in [0.25, 0.3) is 0 Å². The van der Waals surface area contributed by atoms with E-state index in [1.807, 2.05) is 54.6 Å². The van der Waals surface area contributed by atoms with Gasteiger partial charge in [0, 0.05) is 6.42 Å². The van der Waals surface area contributed by atoms with Crippen LogP contribution in [0.4, 0.5) is 9.18 Å². The molecule has 2 amide bonds. The van der Waals surface area contributed by atoms with E-state index in [4.69, 9.17) is 4.74 Å². The van der Waals surface area contributed by atoms with Gasteiger partial charge >= 0.3 is 6.09 Å². The third-order valence-corrected chi connectivity index (χ3v) is 5.53. The van der Waals surface area contributed by atoms with E-state index in [2.05, 4.69) is 0 Å². The molecule has 0 aromatic heterocycles. The van der Waals surface area contributed by atoms with Crippen molar-refractivity contribution in [3.05, 3.63) is 95.8 Å². The predicted octanol–water partition coefficient (Wildman–Crippen LogP) is 5.41. The Morgan fingerprint density at radius 3 is 2.23 bits per heavy atom. The first-order chi connectivity index (χ1) is 15.1. The fourth-order valence-electron chi connectivity index (χ4n) is 3.87. The molecule has 0 bridgehead atoms. The minimum absolute atomic E-state index is 0.189. The fraction of sp³-hybridized carbons (Fsp3) is 0.231. The second-order valence-electron chi connectivity index (χ2n) is 7.74. The minimum atomic E-state index is -0.547. The Labute approximate surface area is 181 Å². The predicted molar refractivity (Wildman–Crippen MR) is 117 cm³/mol. The van der Waals surface area contributed by atoms with E-state index in [9.17, 15) is 14.0 Å². The molecule has 3 aromatic rings. The molecule has 1 atom stereocenters. The quantitative estimate of drug-likeness (QED) is 0.517. The molecule has 1 saturated heterocycles. The molecule has 1 aliphatic heterocycles. The van der Waals surface area contributed by atoms with Crippen molar-refractivity contribution in [2.45, 2.75) is 31.7 Å². The first-order valence-corrected chi connectivity index (χ1v) is 10.5. The van der Waals surface area contributed by atoms with E-state index in [1.54, 1.807) is 12.1 Å². The number of hydrogen-bond acceptors (Lipinski definition) is 3. The van der Waals surface area contributed by atoms with Crippen LogP contribution in [-0.2, 0) is 22.4 Å². The Morgan fingerprint density at radius 1 is 0.903 bits per heavy atom. The summed E-state index contributed by atoms with van der Waals surface area (Å²) in [6, 6.07) is 24.0. The van der Waals surface area contributed by atoms with Gasteiger partial charge in [0.2, 0.25) is 5.91 Å². The van der Waals surface area contributed by atoms with Crippen LogP contribution < -0.4 is 0 Å². The van der Waals surface area contributed by atoms with Gasteiger partial charge in [-0.05, 0) is 53.6 Å². The normalized spacial score (nSPS) is 15.7. The van der Waals surface area contributed by atoms with Crippen molar-refractivity contribution in [3.8, 4) is 11.1 Å². The molecule has 0 radical (unpaired) electrons. The van der Waals surface area contributed by atoms with Crippen LogP contribution in [-0.4, -0.2) is 29.5 Å². The number of ether oxygens (including phenoxy) is 1. The number of aryl methyl sites for hydroxylation is 1. The maximum Gasteiger partial charge on any atom is 0.416 e. The highest BCUT2D eigenvalue weighted by atomic mass is 19.1. The van der Waals surface area contributed by atoms with Crippen molar-refractivity contribution >= 4 is 12.0 Å². The summed E-state index contributed by atoms with van der Waals surface area (Å²) in [7, 11) is 0. The molecule has 31 heavy (non-hydrogen) atoms. The highest BCUT2D eigenvalue weighted by Gasteiger charge is 2.37. The summed E-state index contributed by atoms with van der Waals surface area (Å²) in [5.74, 6) is -0.440. The number of hydrogen-bond donors (Lipinski definition) is 0. The lowest BCUT2D eigenvalue weighted by Crippen LogP contribution is -2.40. The zero-order chi connectivity index (χ0) is 21.6. The molecule has 1 aliphatic rings. The Balaban J connectivity index is 1.30. The molecule has 4 rings (SSSR count).